The van der Waals surface area contributed by atoms with Crippen molar-refractivity contribution in [1.29, 1.82) is 0 Å². The lowest BCUT2D eigenvalue weighted by atomic mass is 9.49. The highest BCUT2D eigenvalue weighted by Gasteiger charge is 2.55. The SMILES string of the molecule is C[C@H](OC(=O)C12CC3CC(CC(C3)C1)C2)C(=O)NCc1ccc2c(c1)OCO2. The zero-order valence-electron chi connectivity index (χ0n) is 16.2. The van der Waals surface area contributed by atoms with Gasteiger partial charge in [0.05, 0.1) is 5.41 Å². The van der Waals surface area contributed by atoms with E-state index in [0.717, 1.165) is 24.8 Å². The van der Waals surface area contributed by atoms with Crippen LogP contribution >= 0.6 is 0 Å². The summed E-state index contributed by atoms with van der Waals surface area (Å²) >= 11 is 0. The molecular weight excluding hydrogens is 358 g/mol. The monoisotopic (exact) mass is 385 g/mol. The van der Waals surface area contributed by atoms with E-state index in [1.54, 1.807) is 6.92 Å². The number of benzene rings is 1. The molecule has 1 aromatic carbocycles. The van der Waals surface area contributed by atoms with Gasteiger partial charge in [0.1, 0.15) is 0 Å². The first-order valence-corrected chi connectivity index (χ1v) is 10.4. The zero-order valence-corrected chi connectivity index (χ0v) is 16.2. The molecule has 1 amide bonds. The van der Waals surface area contributed by atoms with Crippen molar-refractivity contribution in [1.82, 2.24) is 5.32 Å². The van der Waals surface area contributed by atoms with Gasteiger partial charge in [-0.25, -0.2) is 0 Å². The summed E-state index contributed by atoms with van der Waals surface area (Å²) in [6.07, 6.45) is 5.89. The highest BCUT2D eigenvalue weighted by atomic mass is 16.7. The quantitative estimate of drug-likeness (QED) is 0.788. The molecule has 0 spiro atoms. The van der Waals surface area contributed by atoms with E-state index >= 15 is 0 Å². The summed E-state index contributed by atoms with van der Waals surface area (Å²) in [6, 6.07) is 5.58. The Labute approximate surface area is 164 Å². The molecule has 1 atom stereocenters. The lowest BCUT2D eigenvalue weighted by Crippen LogP contribution is -2.51. The Kier molecular flexibility index (Phi) is 4.25. The minimum atomic E-state index is -0.783. The van der Waals surface area contributed by atoms with Crippen molar-refractivity contribution in [2.75, 3.05) is 6.79 Å². The van der Waals surface area contributed by atoms with Crippen molar-refractivity contribution in [2.45, 2.75) is 58.1 Å². The number of ether oxygens (including phenoxy) is 3. The maximum atomic E-state index is 13.0. The van der Waals surface area contributed by atoms with Crippen molar-refractivity contribution in [3.63, 3.8) is 0 Å². The fourth-order valence-electron chi connectivity index (χ4n) is 6.08. The van der Waals surface area contributed by atoms with E-state index < -0.39 is 6.10 Å². The molecule has 1 aliphatic heterocycles. The van der Waals surface area contributed by atoms with Gasteiger partial charge in [0.2, 0.25) is 6.79 Å². The van der Waals surface area contributed by atoms with E-state index in [1.165, 1.54) is 19.3 Å². The average molecular weight is 385 g/mol. The summed E-state index contributed by atoms with van der Waals surface area (Å²) in [5.74, 6) is 3.01. The molecule has 150 valence electrons. The Bertz CT molecular complexity index is 769. The Balaban J connectivity index is 1.17. The van der Waals surface area contributed by atoms with Gasteiger partial charge in [-0.05, 0) is 80.9 Å². The maximum absolute atomic E-state index is 13.0. The van der Waals surface area contributed by atoms with Crippen molar-refractivity contribution in [2.24, 2.45) is 23.2 Å². The molecule has 1 N–H and O–H groups in total. The van der Waals surface area contributed by atoms with Gasteiger partial charge in [-0.1, -0.05) is 6.07 Å². The molecule has 4 aliphatic carbocycles. The van der Waals surface area contributed by atoms with E-state index in [2.05, 4.69) is 5.32 Å². The van der Waals surface area contributed by atoms with Gasteiger partial charge in [-0.15, -0.1) is 0 Å². The van der Waals surface area contributed by atoms with Gasteiger partial charge in [0.25, 0.3) is 5.91 Å². The standard InChI is InChI=1S/C22H27NO5/c1-13(20(24)23-11-14-2-3-18-19(7-14)27-12-26-18)28-21(25)22-8-15-4-16(9-22)6-17(5-15)10-22/h2-3,7,13,15-17H,4-6,8-12H2,1H3,(H,23,24)/t13-,15?,16?,17?,22?/m0/s1. The predicted octanol–water partition coefficient (Wildman–Crippen LogP) is 3.18. The number of hydrogen-bond donors (Lipinski definition) is 1. The molecule has 4 bridgehead atoms. The van der Waals surface area contributed by atoms with E-state index in [9.17, 15) is 9.59 Å². The van der Waals surface area contributed by atoms with Gasteiger partial charge >= 0.3 is 5.97 Å². The molecule has 0 unspecified atom stereocenters. The first-order valence-electron chi connectivity index (χ1n) is 10.4. The molecule has 6 nitrogen and oxygen atoms in total. The van der Waals surface area contributed by atoms with Crippen LogP contribution in [0, 0.1) is 23.2 Å². The molecular formula is C22H27NO5. The van der Waals surface area contributed by atoms with E-state index in [0.29, 0.717) is 35.8 Å². The second-order valence-corrected chi connectivity index (χ2v) is 9.15. The first-order chi connectivity index (χ1) is 13.5. The number of amides is 1. The zero-order chi connectivity index (χ0) is 19.3. The van der Waals surface area contributed by atoms with Crippen molar-refractivity contribution in [3.05, 3.63) is 23.8 Å². The molecule has 5 aliphatic rings. The summed E-state index contributed by atoms with van der Waals surface area (Å²) in [4.78, 5) is 25.4. The summed E-state index contributed by atoms with van der Waals surface area (Å²) in [7, 11) is 0. The topological polar surface area (TPSA) is 73.9 Å². The summed E-state index contributed by atoms with van der Waals surface area (Å²) < 4.78 is 16.3. The molecule has 0 saturated heterocycles. The summed E-state index contributed by atoms with van der Waals surface area (Å²) in [6.45, 7) is 2.24. The second-order valence-electron chi connectivity index (χ2n) is 9.15. The molecule has 28 heavy (non-hydrogen) atoms. The van der Waals surface area contributed by atoms with Crippen molar-refractivity contribution >= 4 is 11.9 Å². The number of rotatable bonds is 5. The van der Waals surface area contributed by atoms with Crippen LogP contribution < -0.4 is 14.8 Å². The van der Waals surface area contributed by atoms with Gasteiger partial charge < -0.3 is 19.5 Å². The number of hydrogen-bond acceptors (Lipinski definition) is 5. The average Bonchev–Trinajstić information content (AvgIpc) is 3.12. The lowest BCUT2D eigenvalue weighted by molar-refractivity contribution is -0.178. The molecule has 1 heterocycles. The molecule has 0 radical (unpaired) electrons. The van der Waals surface area contributed by atoms with Gasteiger partial charge in [-0.3, -0.25) is 9.59 Å². The smallest absolute Gasteiger partial charge is 0.312 e. The molecule has 4 fully saturated rings. The maximum Gasteiger partial charge on any atom is 0.312 e. The third kappa shape index (κ3) is 3.12. The summed E-state index contributed by atoms with van der Waals surface area (Å²) in [5, 5.41) is 2.86. The highest BCUT2D eigenvalue weighted by molar-refractivity contribution is 5.85. The van der Waals surface area contributed by atoms with Crippen LogP contribution in [-0.4, -0.2) is 24.8 Å². The molecule has 1 aromatic rings. The third-order valence-electron chi connectivity index (χ3n) is 7.03. The number of esters is 1. The predicted molar refractivity (Wildman–Crippen MR) is 101 cm³/mol. The minimum absolute atomic E-state index is 0.155. The fourth-order valence-corrected chi connectivity index (χ4v) is 6.08. The third-order valence-corrected chi connectivity index (χ3v) is 7.03. The van der Waals surface area contributed by atoms with Crippen molar-refractivity contribution < 1.29 is 23.8 Å². The van der Waals surface area contributed by atoms with Gasteiger partial charge in [-0.2, -0.15) is 0 Å². The number of carbonyl (C=O) groups excluding carboxylic acids is 2. The van der Waals surface area contributed by atoms with Crippen LogP contribution in [0.2, 0.25) is 0 Å². The first kappa shape index (κ1) is 17.8. The molecule has 0 aromatic heterocycles. The van der Waals surface area contributed by atoms with Crippen LogP contribution in [0.5, 0.6) is 11.5 Å². The normalized spacial score (nSPS) is 32.8. The molecule has 6 heteroatoms. The number of fused-ring (bicyclic) bond motifs is 1. The number of nitrogens with one attached hydrogen (secondary N) is 1. The minimum Gasteiger partial charge on any atom is -0.454 e. The summed E-state index contributed by atoms with van der Waals surface area (Å²) in [5.41, 5.74) is 0.581. The van der Waals surface area contributed by atoms with Crippen LogP contribution in [0.25, 0.3) is 0 Å². The lowest BCUT2D eigenvalue weighted by Gasteiger charge is -2.55. The largest absolute Gasteiger partial charge is 0.454 e. The van der Waals surface area contributed by atoms with Gasteiger partial charge in [0.15, 0.2) is 17.6 Å². The van der Waals surface area contributed by atoms with Crippen LogP contribution in [-0.2, 0) is 20.9 Å². The van der Waals surface area contributed by atoms with Gasteiger partial charge in [0, 0.05) is 6.54 Å². The Morgan fingerprint density at radius 3 is 2.43 bits per heavy atom. The molecule has 4 saturated carbocycles. The van der Waals surface area contributed by atoms with Crippen LogP contribution in [0.4, 0.5) is 0 Å². The Hall–Kier alpha value is -2.24. The number of carbonyl (C=O) groups is 2. The van der Waals surface area contributed by atoms with E-state index in [-0.39, 0.29) is 24.1 Å². The van der Waals surface area contributed by atoms with Crippen LogP contribution in [0.15, 0.2) is 18.2 Å². The molecule has 6 rings (SSSR count). The van der Waals surface area contributed by atoms with E-state index in [1.807, 2.05) is 18.2 Å². The van der Waals surface area contributed by atoms with Crippen LogP contribution in [0.1, 0.15) is 51.0 Å². The Morgan fingerprint density at radius 2 is 1.75 bits per heavy atom. The highest BCUT2D eigenvalue weighted by Crippen LogP contribution is 2.60. The van der Waals surface area contributed by atoms with E-state index in [4.69, 9.17) is 14.2 Å². The van der Waals surface area contributed by atoms with Crippen molar-refractivity contribution in [3.8, 4) is 11.5 Å². The fraction of sp³-hybridized carbons (Fsp3) is 0.636. The Morgan fingerprint density at radius 1 is 1.11 bits per heavy atom. The van der Waals surface area contributed by atoms with Crippen LogP contribution in [0.3, 0.4) is 0 Å². The second kappa shape index (κ2) is 6.68.